The number of carbonyl (C=O) groups is 1. The third-order valence-electron chi connectivity index (χ3n) is 4.06. The van der Waals surface area contributed by atoms with Gasteiger partial charge in [-0.15, -0.1) is 0 Å². The van der Waals surface area contributed by atoms with Crippen LogP contribution in [0.4, 0.5) is 5.82 Å². The number of nitrogens with zero attached hydrogens (tertiary/aromatic N) is 4. The number of likely N-dealkylation sites (tertiary alicyclic amines) is 1. The average Bonchev–Trinajstić information content (AvgIpc) is 3.17. The maximum absolute atomic E-state index is 12.4. The molecule has 1 saturated heterocycles. The summed E-state index contributed by atoms with van der Waals surface area (Å²) in [7, 11) is 3.87. The number of aryl methyl sites for hydroxylation is 1. The lowest BCUT2D eigenvalue weighted by molar-refractivity contribution is -0.129. The van der Waals surface area contributed by atoms with Crippen molar-refractivity contribution in [2.75, 3.05) is 32.1 Å². The number of aromatic amines is 1. The molecule has 3 rings (SSSR count). The lowest BCUT2D eigenvalue weighted by Gasteiger charge is -2.20. The number of hydrogen-bond acceptors (Lipinski definition) is 5. The Morgan fingerprint density at radius 1 is 1.50 bits per heavy atom. The van der Waals surface area contributed by atoms with E-state index in [-0.39, 0.29) is 12.0 Å². The maximum atomic E-state index is 12.4. The van der Waals surface area contributed by atoms with Crippen LogP contribution in [0, 0.1) is 6.92 Å². The molecule has 128 valence electrons. The van der Waals surface area contributed by atoms with Crippen molar-refractivity contribution in [1.29, 1.82) is 0 Å². The Morgan fingerprint density at radius 3 is 3.04 bits per heavy atom. The maximum Gasteiger partial charge on any atom is 0.228 e. The number of ether oxygens (including phenoxy) is 1. The summed E-state index contributed by atoms with van der Waals surface area (Å²) >= 11 is 0. The van der Waals surface area contributed by atoms with Gasteiger partial charge in [-0.25, -0.2) is 4.98 Å². The number of H-pyrrole nitrogens is 1. The monoisotopic (exact) mass is 329 g/mol. The fraction of sp³-hybridized carbons (Fsp3) is 0.471. The molecule has 0 saturated carbocycles. The highest BCUT2D eigenvalue weighted by molar-refractivity contribution is 5.78. The van der Waals surface area contributed by atoms with Crippen molar-refractivity contribution in [3.05, 3.63) is 35.8 Å². The molecule has 2 aromatic heterocycles. The van der Waals surface area contributed by atoms with E-state index >= 15 is 0 Å². The molecule has 2 aromatic rings. The number of anilines is 1. The van der Waals surface area contributed by atoms with Crippen LogP contribution in [0.5, 0.6) is 5.75 Å². The van der Waals surface area contributed by atoms with Crippen molar-refractivity contribution in [2.24, 2.45) is 0 Å². The first-order valence-electron chi connectivity index (χ1n) is 8.10. The normalized spacial score (nSPS) is 17.1. The van der Waals surface area contributed by atoms with E-state index in [1.54, 1.807) is 6.20 Å². The molecule has 1 N–H and O–H groups in total. The number of amides is 1. The van der Waals surface area contributed by atoms with Gasteiger partial charge in [0.15, 0.2) is 11.6 Å². The molecule has 24 heavy (non-hydrogen) atoms. The van der Waals surface area contributed by atoms with Crippen LogP contribution in [0.15, 0.2) is 24.4 Å². The van der Waals surface area contributed by atoms with Crippen molar-refractivity contribution in [2.45, 2.75) is 25.9 Å². The Balaban J connectivity index is 1.58. The summed E-state index contributed by atoms with van der Waals surface area (Å²) < 4.78 is 6.08. The number of carbonyl (C=O) groups excluding carboxylic acids is 1. The van der Waals surface area contributed by atoms with E-state index in [1.807, 2.05) is 49.0 Å². The topological polar surface area (TPSA) is 74.4 Å². The first kappa shape index (κ1) is 16.3. The van der Waals surface area contributed by atoms with Gasteiger partial charge in [0, 0.05) is 39.0 Å². The molecule has 1 atom stereocenters. The van der Waals surface area contributed by atoms with E-state index < -0.39 is 0 Å². The molecular weight excluding hydrogens is 306 g/mol. The van der Waals surface area contributed by atoms with Crippen molar-refractivity contribution in [3.8, 4) is 5.75 Å². The second kappa shape index (κ2) is 6.90. The van der Waals surface area contributed by atoms with Crippen LogP contribution < -0.4 is 9.64 Å². The van der Waals surface area contributed by atoms with Gasteiger partial charge in [-0.1, -0.05) is 0 Å². The van der Waals surface area contributed by atoms with E-state index in [0.29, 0.717) is 19.5 Å². The Hall–Kier alpha value is -2.57. The number of pyridine rings is 1. The molecule has 0 aromatic carbocycles. The summed E-state index contributed by atoms with van der Waals surface area (Å²) in [6, 6.07) is 5.68. The molecule has 0 unspecified atom stereocenters. The molecule has 1 aliphatic heterocycles. The van der Waals surface area contributed by atoms with Gasteiger partial charge >= 0.3 is 0 Å². The van der Waals surface area contributed by atoms with Crippen LogP contribution in [-0.2, 0) is 11.2 Å². The summed E-state index contributed by atoms with van der Waals surface area (Å²) in [4.78, 5) is 20.5. The minimum absolute atomic E-state index is 0.00206. The smallest absolute Gasteiger partial charge is 0.228 e. The third kappa shape index (κ3) is 3.67. The second-order valence-electron chi connectivity index (χ2n) is 6.31. The van der Waals surface area contributed by atoms with Gasteiger partial charge in [-0.05, 0) is 25.1 Å². The minimum atomic E-state index is -0.00206. The van der Waals surface area contributed by atoms with Crippen LogP contribution in [0.3, 0.4) is 0 Å². The molecule has 0 radical (unpaired) electrons. The van der Waals surface area contributed by atoms with E-state index in [2.05, 4.69) is 15.2 Å². The SMILES string of the molecule is Cc1cc(CC(=O)N2CC[C@@H](Oc3cccnc3N(C)C)C2)n[nH]1. The van der Waals surface area contributed by atoms with Crippen LogP contribution in [0.1, 0.15) is 17.8 Å². The molecule has 0 spiro atoms. The molecule has 7 heteroatoms. The highest BCUT2D eigenvalue weighted by Crippen LogP contribution is 2.26. The van der Waals surface area contributed by atoms with Crippen LogP contribution >= 0.6 is 0 Å². The van der Waals surface area contributed by atoms with Crippen LogP contribution in [0.2, 0.25) is 0 Å². The number of hydrogen-bond donors (Lipinski definition) is 1. The molecule has 3 heterocycles. The fourth-order valence-electron chi connectivity index (χ4n) is 2.87. The predicted molar refractivity (Wildman–Crippen MR) is 91.2 cm³/mol. The molecular formula is C17H23N5O2. The molecule has 7 nitrogen and oxygen atoms in total. The van der Waals surface area contributed by atoms with E-state index in [1.165, 1.54) is 0 Å². The Bertz CT molecular complexity index is 713. The summed E-state index contributed by atoms with van der Waals surface area (Å²) in [6.07, 6.45) is 2.90. The third-order valence-corrected chi connectivity index (χ3v) is 4.06. The largest absolute Gasteiger partial charge is 0.485 e. The van der Waals surface area contributed by atoms with E-state index in [0.717, 1.165) is 29.4 Å². The Kier molecular flexibility index (Phi) is 4.69. The summed E-state index contributed by atoms with van der Waals surface area (Å²) in [5.74, 6) is 1.64. The number of nitrogens with one attached hydrogen (secondary N) is 1. The molecule has 0 aliphatic carbocycles. The zero-order valence-electron chi connectivity index (χ0n) is 14.3. The van der Waals surface area contributed by atoms with Gasteiger partial charge in [-0.2, -0.15) is 5.10 Å². The molecule has 1 amide bonds. The quantitative estimate of drug-likeness (QED) is 0.897. The van der Waals surface area contributed by atoms with Gasteiger partial charge in [0.2, 0.25) is 5.91 Å². The minimum Gasteiger partial charge on any atom is -0.485 e. The zero-order chi connectivity index (χ0) is 17.1. The summed E-state index contributed by atoms with van der Waals surface area (Å²) in [6.45, 7) is 3.24. The highest BCUT2D eigenvalue weighted by Gasteiger charge is 2.28. The van der Waals surface area contributed by atoms with Crippen molar-refractivity contribution >= 4 is 11.7 Å². The first-order valence-corrected chi connectivity index (χ1v) is 8.10. The second-order valence-corrected chi connectivity index (χ2v) is 6.31. The number of aromatic nitrogens is 3. The van der Waals surface area contributed by atoms with Gasteiger partial charge in [0.05, 0.1) is 18.7 Å². The van der Waals surface area contributed by atoms with Crippen molar-refractivity contribution in [3.63, 3.8) is 0 Å². The van der Waals surface area contributed by atoms with Gasteiger partial charge in [0.1, 0.15) is 6.10 Å². The van der Waals surface area contributed by atoms with E-state index in [4.69, 9.17) is 4.74 Å². The summed E-state index contributed by atoms with van der Waals surface area (Å²) in [5, 5.41) is 6.99. The first-order chi connectivity index (χ1) is 11.5. The van der Waals surface area contributed by atoms with Crippen LogP contribution in [-0.4, -0.2) is 59.3 Å². The number of rotatable bonds is 5. The van der Waals surface area contributed by atoms with Gasteiger partial charge in [-0.3, -0.25) is 9.89 Å². The molecule has 1 fully saturated rings. The summed E-state index contributed by atoms with van der Waals surface area (Å²) in [5.41, 5.74) is 1.75. The van der Waals surface area contributed by atoms with Gasteiger partial charge < -0.3 is 14.5 Å². The standard InChI is InChI=1S/C17H23N5O2/c1-12-9-13(20-19-12)10-16(23)22-8-6-14(11-22)24-15-5-4-7-18-17(15)21(2)3/h4-5,7,9,14H,6,8,10-11H2,1-3H3,(H,19,20)/t14-/m1/s1. The van der Waals surface area contributed by atoms with Crippen LogP contribution in [0.25, 0.3) is 0 Å². The van der Waals surface area contributed by atoms with Crippen molar-refractivity contribution < 1.29 is 9.53 Å². The Morgan fingerprint density at radius 2 is 2.33 bits per heavy atom. The highest BCUT2D eigenvalue weighted by atomic mass is 16.5. The average molecular weight is 329 g/mol. The molecule has 1 aliphatic rings. The lowest BCUT2D eigenvalue weighted by atomic mass is 10.2. The van der Waals surface area contributed by atoms with Gasteiger partial charge in [0.25, 0.3) is 0 Å². The zero-order valence-corrected chi connectivity index (χ0v) is 14.3. The van der Waals surface area contributed by atoms with E-state index in [9.17, 15) is 4.79 Å². The lowest BCUT2D eigenvalue weighted by Crippen LogP contribution is -2.32. The predicted octanol–water partition coefficient (Wildman–Crippen LogP) is 1.40. The molecule has 0 bridgehead atoms. The Labute approximate surface area is 141 Å². The fourth-order valence-corrected chi connectivity index (χ4v) is 2.87. The van der Waals surface area contributed by atoms with Crippen molar-refractivity contribution in [1.82, 2.24) is 20.1 Å².